The normalized spacial score (nSPS) is 22.8. The Bertz CT molecular complexity index is 536. The van der Waals surface area contributed by atoms with Gasteiger partial charge in [-0.15, -0.1) is 24.8 Å². The first-order valence-corrected chi connectivity index (χ1v) is 10.6. The summed E-state index contributed by atoms with van der Waals surface area (Å²) in [7, 11) is 2.21. The van der Waals surface area contributed by atoms with Gasteiger partial charge in [0.2, 0.25) is 5.91 Å². The topological polar surface area (TPSA) is 79.1 Å². The third-order valence-electron chi connectivity index (χ3n) is 6.55. The second-order valence-corrected chi connectivity index (χ2v) is 8.71. The molecular formula is C20H38Cl2N4O3. The molecule has 0 unspecified atom stereocenters. The van der Waals surface area contributed by atoms with E-state index < -0.39 is 11.6 Å². The van der Waals surface area contributed by atoms with Crippen LogP contribution in [0, 0.1) is 0 Å². The Morgan fingerprint density at radius 1 is 1.24 bits per heavy atom. The number of carbonyl (C=O) groups is 2. The number of hydrogen-bond acceptors (Lipinski definition) is 5. The van der Waals surface area contributed by atoms with Gasteiger partial charge in [0.25, 0.3) is 0 Å². The van der Waals surface area contributed by atoms with Crippen LogP contribution in [-0.4, -0.2) is 84.2 Å². The number of likely N-dealkylation sites (tertiary alicyclic amines) is 1. The fourth-order valence-corrected chi connectivity index (χ4v) is 4.76. The summed E-state index contributed by atoms with van der Waals surface area (Å²) in [5, 5.41) is 0. The van der Waals surface area contributed by atoms with Crippen LogP contribution in [0.4, 0.5) is 4.79 Å². The molecule has 1 spiro atoms. The first-order chi connectivity index (χ1) is 12.9. The van der Waals surface area contributed by atoms with Crippen LogP contribution in [0.25, 0.3) is 0 Å². The van der Waals surface area contributed by atoms with E-state index in [1.807, 2.05) is 4.90 Å². The van der Waals surface area contributed by atoms with Crippen LogP contribution in [0.2, 0.25) is 0 Å². The van der Waals surface area contributed by atoms with E-state index in [0.29, 0.717) is 38.5 Å². The van der Waals surface area contributed by atoms with Crippen molar-refractivity contribution in [1.82, 2.24) is 14.7 Å². The Labute approximate surface area is 187 Å². The van der Waals surface area contributed by atoms with Crippen LogP contribution in [-0.2, 0) is 9.53 Å². The average molecular weight is 453 g/mol. The van der Waals surface area contributed by atoms with Crippen molar-refractivity contribution in [3.8, 4) is 0 Å². The number of ether oxygens (including phenoxy) is 1. The summed E-state index contributed by atoms with van der Waals surface area (Å²) in [6, 6.07) is 0.241. The van der Waals surface area contributed by atoms with Crippen molar-refractivity contribution in [2.75, 3.05) is 39.8 Å². The van der Waals surface area contributed by atoms with Gasteiger partial charge in [-0.05, 0) is 39.8 Å². The maximum absolute atomic E-state index is 12.3. The predicted octanol–water partition coefficient (Wildman–Crippen LogP) is 2.65. The van der Waals surface area contributed by atoms with E-state index >= 15 is 0 Å². The summed E-state index contributed by atoms with van der Waals surface area (Å²) < 4.78 is 5.77. The van der Waals surface area contributed by atoms with Gasteiger partial charge in [0.1, 0.15) is 5.60 Å². The van der Waals surface area contributed by atoms with Crippen molar-refractivity contribution in [3.05, 3.63) is 0 Å². The molecule has 0 bridgehead atoms. The highest BCUT2D eigenvalue weighted by atomic mass is 35.5. The third kappa shape index (κ3) is 6.61. The summed E-state index contributed by atoms with van der Waals surface area (Å²) in [5.41, 5.74) is 5.28. The molecule has 0 aromatic heterocycles. The molecule has 1 saturated carbocycles. The zero-order valence-electron chi connectivity index (χ0n) is 17.8. The number of amides is 2. The van der Waals surface area contributed by atoms with Crippen molar-refractivity contribution in [3.63, 3.8) is 0 Å². The van der Waals surface area contributed by atoms with E-state index in [0.717, 1.165) is 19.5 Å². The van der Waals surface area contributed by atoms with Gasteiger partial charge in [-0.2, -0.15) is 0 Å². The summed E-state index contributed by atoms with van der Waals surface area (Å²) in [6.45, 7) is 5.38. The van der Waals surface area contributed by atoms with Gasteiger partial charge in [-0.25, -0.2) is 4.79 Å². The Balaban J connectivity index is 0.00000210. The predicted molar refractivity (Wildman–Crippen MR) is 119 cm³/mol. The molecule has 9 heteroatoms. The molecule has 29 heavy (non-hydrogen) atoms. The lowest BCUT2D eigenvalue weighted by molar-refractivity contribution is -0.135. The minimum absolute atomic E-state index is 0. The standard InChI is InChI=1S/C20H36N4O3.2ClH/c1-16(21)18(25)23-13-9-20(10-14-23)15-24(19(26)27-20)12-6-11-22(2)17-7-4-3-5-8-17;;/h16-17H,3-15,21H2,1-2H3;2*1H/t16-;;/m1../s1. The second-order valence-electron chi connectivity index (χ2n) is 8.71. The molecule has 3 rings (SSSR count). The van der Waals surface area contributed by atoms with E-state index in [1.165, 1.54) is 32.1 Å². The van der Waals surface area contributed by atoms with Gasteiger partial charge in [-0.3, -0.25) is 4.79 Å². The molecule has 0 aromatic carbocycles. The summed E-state index contributed by atoms with van der Waals surface area (Å²) in [4.78, 5) is 30.5. The van der Waals surface area contributed by atoms with E-state index in [9.17, 15) is 9.59 Å². The van der Waals surface area contributed by atoms with Gasteiger partial charge in [0, 0.05) is 38.5 Å². The van der Waals surface area contributed by atoms with E-state index in [1.54, 1.807) is 11.8 Å². The van der Waals surface area contributed by atoms with Crippen LogP contribution < -0.4 is 5.73 Å². The number of nitrogens with two attached hydrogens (primary N) is 1. The molecule has 1 aliphatic carbocycles. The Morgan fingerprint density at radius 2 is 1.86 bits per heavy atom. The highest BCUT2D eigenvalue weighted by Crippen LogP contribution is 2.33. The minimum Gasteiger partial charge on any atom is -0.441 e. The van der Waals surface area contributed by atoms with Crippen LogP contribution in [0.5, 0.6) is 0 Å². The maximum atomic E-state index is 12.3. The van der Waals surface area contributed by atoms with Crippen LogP contribution >= 0.6 is 24.8 Å². The lowest BCUT2D eigenvalue weighted by atomic mass is 9.91. The number of halogens is 2. The molecule has 1 atom stereocenters. The van der Waals surface area contributed by atoms with Crippen molar-refractivity contribution in [2.24, 2.45) is 5.73 Å². The molecule has 0 radical (unpaired) electrons. The second kappa shape index (κ2) is 11.6. The number of nitrogens with zero attached hydrogens (tertiary/aromatic N) is 3. The monoisotopic (exact) mass is 452 g/mol. The van der Waals surface area contributed by atoms with Gasteiger partial charge in [0.15, 0.2) is 0 Å². The molecule has 0 aromatic rings. The van der Waals surface area contributed by atoms with Crippen LogP contribution in [0.3, 0.4) is 0 Å². The van der Waals surface area contributed by atoms with Crippen molar-refractivity contribution < 1.29 is 14.3 Å². The molecule has 170 valence electrons. The highest BCUT2D eigenvalue weighted by Gasteiger charge is 2.47. The summed E-state index contributed by atoms with van der Waals surface area (Å²) in [5.74, 6) is -0.0169. The molecular weight excluding hydrogens is 415 g/mol. The highest BCUT2D eigenvalue weighted by molar-refractivity contribution is 5.85. The quantitative estimate of drug-likeness (QED) is 0.669. The van der Waals surface area contributed by atoms with E-state index in [-0.39, 0.29) is 36.8 Å². The summed E-state index contributed by atoms with van der Waals surface area (Å²) in [6.07, 6.45) is 8.88. The van der Waals surface area contributed by atoms with Gasteiger partial charge >= 0.3 is 6.09 Å². The van der Waals surface area contributed by atoms with Crippen molar-refractivity contribution >= 4 is 36.8 Å². The number of rotatable bonds is 6. The molecule has 3 aliphatic rings. The number of piperidine rings is 1. The van der Waals surface area contributed by atoms with Crippen molar-refractivity contribution in [1.29, 1.82) is 0 Å². The first-order valence-electron chi connectivity index (χ1n) is 10.6. The number of carbonyl (C=O) groups excluding carboxylic acids is 2. The smallest absolute Gasteiger partial charge is 0.410 e. The third-order valence-corrected chi connectivity index (χ3v) is 6.55. The van der Waals surface area contributed by atoms with Crippen LogP contribution in [0.1, 0.15) is 58.3 Å². The summed E-state index contributed by atoms with van der Waals surface area (Å²) >= 11 is 0. The lowest BCUT2D eigenvalue weighted by Gasteiger charge is -2.38. The molecule has 2 saturated heterocycles. The van der Waals surface area contributed by atoms with Gasteiger partial charge in [0.05, 0.1) is 12.6 Å². The number of hydrogen-bond donors (Lipinski definition) is 1. The Morgan fingerprint density at radius 3 is 2.45 bits per heavy atom. The molecule has 2 aliphatic heterocycles. The minimum atomic E-state index is -0.470. The van der Waals surface area contributed by atoms with Gasteiger partial charge in [-0.1, -0.05) is 19.3 Å². The fourth-order valence-electron chi connectivity index (χ4n) is 4.76. The molecule has 2 N–H and O–H groups in total. The molecule has 2 heterocycles. The Kier molecular flexibility index (Phi) is 10.5. The SMILES string of the molecule is C[C@@H](N)C(=O)N1CCC2(CC1)CN(CCCN(C)C1CCCCC1)C(=O)O2.Cl.Cl. The zero-order chi connectivity index (χ0) is 19.4. The maximum Gasteiger partial charge on any atom is 0.410 e. The average Bonchev–Trinajstić information content (AvgIpc) is 2.97. The lowest BCUT2D eigenvalue weighted by Crippen LogP contribution is -2.52. The largest absolute Gasteiger partial charge is 0.441 e. The fraction of sp³-hybridized carbons (Fsp3) is 0.900. The first kappa shape index (κ1) is 26.3. The Hall–Kier alpha value is -0.760. The molecule has 3 fully saturated rings. The van der Waals surface area contributed by atoms with E-state index in [2.05, 4.69) is 11.9 Å². The zero-order valence-corrected chi connectivity index (χ0v) is 19.4. The van der Waals surface area contributed by atoms with E-state index in [4.69, 9.17) is 10.5 Å². The van der Waals surface area contributed by atoms with Crippen molar-refractivity contribution in [2.45, 2.75) is 76.0 Å². The molecule has 7 nitrogen and oxygen atoms in total. The van der Waals surface area contributed by atoms with Crippen LogP contribution in [0.15, 0.2) is 0 Å². The molecule has 2 amide bonds. The van der Waals surface area contributed by atoms with Gasteiger partial charge < -0.3 is 25.2 Å².